The maximum absolute atomic E-state index is 12.3. The molecular formula is C20H35IN4O2S. The highest BCUT2D eigenvalue weighted by Crippen LogP contribution is 2.16. The first-order chi connectivity index (χ1) is 13.0. The second-order valence-electron chi connectivity index (χ2n) is 7.31. The lowest BCUT2D eigenvalue weighted by molar-refractivity contribution is -0.00683. The van der Waals surface area contributed by atoms with Gasteiger partial charge in [0.05, 0.1) is 19.8 Å². The van der Waals surface area contributed by atoms with E-state index in [0.29, 0.717) is 24.6 Å². The minimum atomic E-state index is -0.884. The van der Waals surface area contributed by atoms with E-state index in [1.165, 1.54) is 0 Å². The number of nitrogens with one attached hydrogen (secondary N) is 2. The van der Waals surface area contributed by atoms with Crippen LogP contribution >= 0.6 is 24.0 Å². The van der Waals surface area contributed by atoms with Crippen LogP contribution in [-0.2, 0) is 21.3 Å². The third-order valence-electron chi connectivity index (χ3n) is 4.63. The third kappa shape index (κ3) is 9.19. The molecule has 1 aromatic rings. The molecule has 28 heavy (non-hydrogen) atoms. The topological polar surface area (TPSA) is 66.0 Å². The lowest BCUT2D eigenvalue weighted by Crippen LogP contribution is -2.52. The quantitative estimate of drug-likeness (QED) is 0.296. The Hall–Kier alpha value is -0.710. The number of guanidine groups is 1. The summed E-state index contributed by atoms with van der Waals surface area (Å²) in [6.07, 6.45) is 0. The highest BCUT2D eigenvalue weighted by Gasteiger charge is 2.28. The Balaban J connectivity index is 0.00000392. The molecule has 2 N–H and O–H groups in total. The molecule has 0 saturated carbocycles. The van der Waals surface area contributed by atoms with Gasteiger partial charge in [-0.15, -0.1) is 24.0 Å². The van der Waals surface area contributed by atoms with Gasteiger partial charge in [0.25, 0.3) is 0 Å². The number of halogens is 1. The smallest absolute Gasteiger partial charge is 0.191 e. The minimum Gasteiger partial charge on any atom is -0.379 e. The van der Waals surface area contributed by atoms with Gasteiger partial charge in [-0.05, 0) is 26.3 Å². The molecule has 1 aromatic carbocycles. The van der Waals surface area contributed by atoms with Crippen LogP contribution in [0.3, 0.4) is 0 Å². The summed E-state index contributed by atoms with van der Waals surface area (Å²) in [6, 6.07) is 9.98. The number of rotatable bonds is 9. The largest absolute Gasteiger partial charge is 0.379 e. The maximum atomic E-state index is 12.3. The summed E-state index contributed by atoms with van der Waals surface area (Å²) in [4.78, 5) is 7.18. The molecule has 1 aliphatic rings. The molecule has 0 spiro atoms. The van der Waals surface area contributed by atoms with Gasteiger partial charge in [-0.3, -0.25) is 14.1 Å². The molecule has 1 unspecified atom stereocenters. The van der Waals surface area contributed by atoms with Crippen LogP contribution in [0.1, 0.15) is 26.3 Å². The lowest BCUT2D eigenvalue weighted by atomic mass is 10.0. The van der Waals surface area contributed by atoms with Crippen molar-refractivity contribution in [1.82, 2.24) is 15.5 Å². The van der Waals surface area contributed by atoms with Gasteiger partial charge in [0.2, 0.25) is 0 Å². The molecule has 6 nitrogen and oxygen atoms in total. The molecule has 1 aliphatic heterocycles. The van der Waals surface area contributed by atoms with E-state index in [4.69, 9.17) is 9.73 Å². The normalized spacial score (nSPS) is 16.9. The zero-order chi connectivity index (χ0) is 19.5. The van der Waals surface area contributed by atoms with Gasteiger partial charge in [0.1, 0.15) is 0 Å². The van der Waals surface area contributed by atoms with E-state index in [0.717, 1.165) is 44.4 Å². The van der Waals surface area contributed by atoms with Crippen LogP contribution in [0.2, 0.25) is 0 Å². The molecule has 8 heteroatoms. The Bertz CT molecular complexity index is 607. The van der Waals surface area contributed by atoms with Crippen molar-refractivity contribution in [2.45, 2.75) is 32.1 Å². The summed E-state index contributed by atoms with van der Waals surface area (Å²) in [6.45, 7) is 12.1. The van der Waals surface area contributed by atoms with E-state index in [1.54, 1.807) is 0 Å². The van der Waals surface area contributed by atoms with Crippen LogP contribution in [0, 0.1) is 0 Å². The fourth-order valence-electron chi connectivity index (χ4n) is 3.00. The molecule has 1 saturated heterocycles. The lowest BCUT2D eigenvalue weighted by Gasteiger charge is -2.39. The minimum absolute atomic E-state index is 0. The van der Waals surface area contributed by atoms with Crippen LogP contribution in [-0.4, -0.2) is 72.3 Å². The van der Waals surface area contributed by atoms with E-state index in [1.807, 2.05) is 30.3 Å². The van der Waals surface area contributed by atoms with Gasteiger partial charge in [-0.2, -0.15) is 0 Å². The number of morpholine rings is 1. The Labute approximate surface area is 189 Å². The zero-order valence-electron chi connectivity index (χ0n) is 17.3. The van der Waals surface area contributed by atoms with E-state index in [-0.39, 0.29) is 29.5 Å². The second kappa shape index (κ2) is 13.5. The highest BCUT2D eigenvalue weighted by atomic mass is 127. The molecule has 1 heterocycles. The Morgan fingerprint density at radius 2 is 1.89 bits per heavy atom. The number of aliphatic imine (C=N–C) groups is 1. The van der Waals surface area contributed by atoms with E-state index in [2.05, 4.69) is 36.3 Å². The number of ether oxygens (including phenoxy) is 1. The fourth-order valence-corrected chi connectivity index (χ4v) is 4.04. The van der Waals surface area contributed by atoms with E-state index >= 15 is 0 Å². The van der Waals surface area contributed by atoms with Crippen molar-refractivity contribution in [3.63, 3.8) is 0 Å². The molecule has 0 aliphatic carbocycles. The van der Waals surface area contributed by atoms with Gasteiger partial charge in [0.15, 0.2) is 5.96 Å². The summed E-state index contributed by atoms with van der Waals surface area (Å²) in [7, 11) is -0.884. The standard InChI is InChI=1S/C20H34N4O2S.HI/c1-4-21-19(23-17-20(2,3)24-11-13-26-14-12-24)22-10-15-27(25)16-18-8-6-5-7-9-18;/h5-9H,4,10-17H2,1-3H3,(H2,21,22,23);1H. The molecule has 0 amide bonds. The van der Waals surface area contributed by atoms with Crippen molar-refractivity contribution in [1.29, 1.82) is 0 Å². The first kappa shape index (κ1) is 25.3. The average molecular weight is 522 g/mol. The summed E-state index contributed by atoms with van der Waals surface area (Å²) < 4.78 is 17.7. The number of hydrogen-bond acceptors (Lipinski definition) is 4. The monoisotopic (exact) mass is 522 g/mol. The van der Waals surface area contributed by atoms with Crippen molar-refractivity contribution in [3.05, 3.63) is 35.9 Å². The predicted octanol–water partition coefficient (Wildman–Crippen LogP) is 2.22. The first-order valence-electron chi connectivity index (χ1n) is 9.75. The fraction of sp³-hybridized carbons (Fsp3) is 0.650. The molecule has 1 fully saturated rings. The van der Waals surface area contributed by atoms with E-state index < -0.39 is 10.8 Å². The van der Waals surface area contributed by atoms with Crippen LogP contribution in [0.5, 0.6) is 0 Å². The Kier molecular flexibility index (Phi) is 12.2. The zero-order valence-corrected chi connectivity index (χ0v) is 20.4. The van der Waals surface area contributed by atoms with Crippen LogP contribution in [0.4, 0.5) is 0 Å². The Morgan fingerprint density at radius 3 is 2.54 bits per heavy atom. The molecule has 2 rings (SSSR count). The second-order valence-corrected chi connectivity index (χ2v) is 8.88. The van der Waals surface area contributed by atoms with Crippen molar-refractivity contribution in [2.24, 2.45) is 4.99 Å². The molecule has 160 valence electrons. The molecular weight excluding hydrogens is 487 g/mol. The van der Waals surface area contributed by atoms with Crippen LogP contribution in [0.15, 0.2) is 35.3 Å². The van der Waals surface area contributed by atoms with Gasteiger partial charge in [-0.25, -0.2) is 0 Å². The molecule has 0 radical (unpaired) electrons. The number of hydrogen-bond donors (Lipinski definition) is 2. The number of nitrogens with zero attached hydrogens (tertiary/aromatic N) is 2. The van der Waals surface area contributed by atoms with Crippen molar-refractivity contribution >= 4 is 40.7 Å². The van der Waals surface area contributed by atoms with Crippen LogP contribution in [0.25, 0.3) is 0 Å². The summed E-state index contributed by atoms with van der Waals surface area (Å²) in [5.41, 5.74) is 1.10. The van der Waals surface area contributed by atoms with Gasteiger partial charge < -0.3 is 15.4 Å². The summed E-state index contributed by atoms with van der Waals surface area (Å²) in [5.74, 6) is 1.99. The molecule has 0 aromatic heterocycles. The highest BCUT2D eigenvalue weighted by molar-refractivity contribution is 14.0. The van der Waals surface area contributed by atoms with Crippen molar-refractivity contribution < 1.29 is 8.95 Å². The average Bonchev–Trinajstić information content (AvgIpc) is 2.67. The third-order valence-corrected chi connectivity index (χ3v) is 5.94. The predicted molar refractivity (Wildman–Crippen MR) is 129 cm³/mol. The van der Waals surface area contributed by atoms with Crippen molar-refractivity contribution in [2.75, 3.05) is 51.7 Å². The summed E-state index contributed by atoms with van der Waals surface area (Å²) in [5, 5.41) is 6.59. The van der Waals surface area contributed by atoms with E-state index in [9.17, 15) is 4.21 Å². The van der Waals surface area contributed by atoms with Gasteiger partial charge in [-0.1, -0.05) is 30.3 Å². The first-order valence-corrected chi connectivity index (χ1v) is 11.2. The van der Waals surface area contributed by atoms with Gasteiger partial charge >= 0.3 is 0 Å². The molecule has 0 bridgehead atoms. The summed E-state index contributed by atoms with van der Waals surface area (Å²) >= 11 is 0. The maximum Gasteiger partial charge on any atom is 0.191 e. The Morgan fingerprint density at radius 1 is 1.21 bits per heavy atom. The number of benzene rings is 1. The molecule has 1 atom stereocenters. The van der Waals surface area contributed by atoms with Crippen LogP contribution < -0.4 is 10.6 Å². The van der Waals surface area contributed by atoms with Crippen molar-refractivity contribution in [3.8, 4) is 0 Å². The van der Waals surface area contributed by atoms with Gasteiger partial charge in [0, 0.05) is 54.0 Å². The SMILES string of the molecule is CCNC(=NCC(C)(C)N1CCOCC1)NCCS(=O)Cc1ccccc1.I.